The third kappa shape index (κ3) is 4.87. The topological polar surface area (TPSA) is 59.4 Å². The summed E-state index contributed by atoms with van der Waals surface area (Å²) >= 11 is 1.46. The summed E-state index contributed by atoms with van der Waals surface area (Å²) in [7, 11) is 0. The molecular formula is C19H26N4O2S. The molecule has 2 aromatic rings. The minimum Gasteiger partial charge on any atom is -0.379 e. The molecule has 1 aliphatic rings. The number of thioether (sulfide) groups is 1. The molecule has 1 N–H and O–H groups in total. The Morgan fingerprint density at radius 3 is 2.92 bits per heavy atom. The highest BCUT2D eigenvalue weighted by Crippen LogP contribution is 2.24. The predicted molar refractivity (Wildman–Crippen MR) is 104 cm³/mol. The number of carbonyl (C=O) groups is 1. The van der Waals surface area contributed by atoms with Crippen LogP contribution in [0.25, 0.3) is 5.69 Å². The molecule has 3 rings (SSSR count). The molecule has 7 heteroatoms. The van der Waals surface area contributed by atoms with Crippen LogP contribution in [0.4, 0.5) is 0 Å². The van der Waals surface area contributed by atoms with Gasteiger partial charge in [-0.25, -0.2) is 4.98 Å². The van der Waals surface area contributed by atoms with Crippen LogP contribution in [0.1, 0.15) is 11.1 Å². The Morgan fingerprint density at radius 2 is 2.12 bits per heavy atom. The van der Waals surface area contributed by atoms with E-state index in [9.17, 15) is 4.79 Å². The van der Waals surface area contributed by atoms with Crippen molar-refractivity contribution in [2.45, 2.75) is 19.0 Å². The summed E-state index contributed by atoms with van der Waals surface area (Å²) in [5, 5.41) is 3.83. The molecule has 2 heterocycles. The van der Waals surface area contributed by atoms with Crippen molar-refractivity contribution in [2.24, 2.45) is 0 Å². The summed E-state index contributed by atoms with van der Waals surface area (Å²) in [5.74, 6) is 0.407. The summed E-state index contributed by atoms with van der Waals surface area (Å²) in [6.45, 7) is 9.20. The van der Waals surface area contributed by atoms with Crippen LogP contribution in [0, 0.1) is 13.8 Å². The second-order valence-electron chi connectivity index (χ2n) is 6.39. The molecule has 140 valence electrons. The largest absolute Gasteiger partial charge is 0.379 e. The van der Waals surface area contributed by atoms with Crippen molar-refractivity contribution in [3.63, 3.8) is 0 Å². The lowest BCUT2D eigenvalue weighted by Crippen LogP contribution is -2.41. The smallest absolute Gasteiger partial charge is 0.230 e. The van der Waals surface area contributed by atoms with E-state index in [1.807, 2.05) is 16.8 Å². The van der Waals surface area contributed by atoms with E-state index in [0.29, 0.717) is 12.3 Å². The first kappa shape index (κ1) is 18.9. The molecule has 0 bridgehead atoms. The lowest BCUT2D eigenvalue weighted by Gasteiger charge is -2.26. The zero-order valence-electron chi connectivity index (χ0n) is 15.4. The fourth-order valence-electron chi connectivity index (χ4n) is 2.94. The Bertz CT molecular complexity index is 741. The third-order valence-electron chi connectivity index (χ3n) is 4.63. The maximum atomic E-state index is 12.1. The third-order valence-corrected chi connectivity index (χ3v) is 5.60. The van der Waals surface area contributed by atoms with E-state index >= 15 is 0 Å². The lowest BCUT2D eigenvalue weighted by molar-refractivity contribution is -0.118. The average Bonchev–Trinajstić information content (AvgIpc) is 3.11. The molecule has 1 amide bonds. The summed E-state index contributed by atoms with van der Waals surface area (Å²) in [4.78, 5) is 18.9. The molecule has 0 atom stereocenters. The van der Waals surface area contributed by atoms with Gasteiger partial charge in [-0.1, -0.05) is 23.9 Å². The molecule has 0 saturated carbocycles. The Morgan fingerprint density at radius 1 is 1.31 bits per heavy atom. The van der Waals surface area contributed by atoms with Crippen LogP contribution in [-0.2, 0) is 9.53 Å². The minimum atomic E-state index is 0.0405. The van der Waals surface area contributed by atoms with Gasteiger partial charge in [0.2, 0.25) is 5.91 Å². The Kier molecular flexibility index (Phi) is 6.71. The minimum absolute atomic E-state index is 0.0405. The molecule has 0 radical (unpaired) electrons. The number of hydrogen-bond donors (Lipinski definition) is 1. The molecule has 6 nitrogen and oxygen atoms in total. The maximum Gasteiger partial charge on any atom is 0.230 e. The van der Waals surface area contributed by atoms with Gasteiger partial charge >= 0.3 is 0 Å². The standard InChI is InChI=1S/C19H26N4O2S/c1-15-4-3-5-17(16(15)2)23-9-7-21-19(23)26-14-18(24)20-6-8-22-10-12-25-13-11-22/h3-5,7,9H,6,8,10-14H2,1-2H3,(H,20,24). The number of ether oxygens (including phenoxy) is 1. The Hall–Kier alpha value is -1.83. The number of nitrogens with zero attached hydrogens (tertiary/aromatic N) is 3. The van der Waals surface area contributed by atoms with E-state index in [1.165, 1.54) is 22.9 Å². The zero-order chi connectivity index (χ0) is 18.4. The van der Waals surface area contributed by atoms with Crippen molar-refractivity contribution in [3.8, 4) is 5.69 Å². The van der Waals surface area contributed by atoms with E-state index in [4.69, 9.17) is 4.74 Å². The maximum absolute atomic E-state index is 12.1. The number of hydrogen-bond acceptors (Lipinski definition) is 5. The van der Waals surface area contributed by atoms with Crippen molar-refractivity contribution >= 4 is 17.7 Å². The number of nitrogens with one attached hydrogen (secondary N) is 1. The first-order valence-corrected chi connectivity index (χ1v) is 9.93. The second-order valence-corrected chi connectivity index (χ2v) is 7.33. The van der Waals surface area contributed by atoms with E-state index in [2.05, 4.69) is 41.2 Å². The summed E-state index contributed by atoms with van der Waals surface area (Å²) in [5.41, 5.74) is 3.58. The van der Waals surface area contributed by atoms with E-state index in [0.717, 1.165) is 43.7 Å². The van der Waals surface area contributed by atoms with Gasteiger partial charge in [-0.05, 0) is 31.0 Å². The molecule has 0 unspecified atom stereocenters. The van der Waals surface area contributed by atoms with Crippen LogP contribution < -0.4 is 5.32 Å². The highest BCUT2D eigenvalue weighted by molar-refractivity contribution is 7.99. The number of aromatic nitrogens is 2. The molecule has 1 saturated heterocycles. The zero-order valence-corrected chi connectivity index (χ0v) is 16.2. The van der Waals surface area contributed by atoms with Crippen LogP contribution in [0.3, 0.4) is 0 Å². The highest BCUT2D eigenvalue weighted by atomic mass is 32.2. The fraction of sp³-hybridized carbons (Fsp3) is 0.474. The Balaban J connectivity index is 1.50. The van der Waals surface area contributed by atoms with Crippen molar-refractivity contribution in [1.29, 1.82) is 0 Å². The van der Waals surface area contributed by atoms with Gasteiger partial charge in [0.25, 0.3) is 0 Å². The highest BCUT2D eigenvalue weighted by Gasteiger charge is 2.12. The Labute approximate surface area is 158 Å². The summed E-state index contributed by atoms with van der Waals surface area (Å²) in [6, 6.07) is 6.23. The van der Waals surface area contributed by atoms with Gasteiger partial charge in [0.05, 0.1) is 24.7 Å². The molecule has 0 aliphatic carbocycles. The van der Waals surface area contributed by atoms with Crippen LogP contribution in [0.2, 0.25) is 0 Å². The first-order chi connectivity index (χ1) is 12.6. The fourth-order valence-corrected chi connectivity index (χ4v) is 3.73. The lowest BCUT2D eigenvalue weighted by atomic mass is 10.1. The summed E-state index contributed by atoms with van der Waals surface area (Å²) in [6.07, 6.45) is 3.72. The molecule has 1 aromatic heterocycles. The van der Waals surface area contributed by atoms with Crippen LogP contribution in [-0.4, -0.2) is 65.5 Å². The monoisotopic (exact) mass is 374 g/mol. The SMILES string of the molecule is Cc1cccc(-n2ccnc2SCC(=O)NCCN2CCOCC2)c1C. The van der Waals surface area contributed by atoms with Gasteiger partial charge in [-0.3, -0.25) is 14.3 Å². The molecule has 1 aliphatic heterocycles. The number of carbonyl (C=O) groups excluding carboxylic acids is 1. The predicted octanol–water partition coefficient (Wildman–Crippen LogP) is 2.03. The number of rotatable bonds is 7. The van der Waals surface area contributed by atoms with Crippen LogP contribution in [0.15, 0.2) is 35.7 Å². The van der Waals surface area contributed by atoms with Gasteiger partial charge in [0, 0.05) is 38.6 Å². The van der Waals surface area contributed by atoms with E-state index in [-0.39, 0.29) is 5.91 Å². The van der Waals surface area contributed by atoms with Crippen molar-refractivity contribution in [1.82, 2.24) is 19.8 Å². The van der Waals surface area contributed by atoms with Gasteiger partial charge in [0.1, 0.15) is 0 Å². The number of imidazole rings is 1. The van der Waals surface area contributed by atoms with Crippen molar-refractivity contribution in [2.75, 3.05) is 45.1 Å². The molecule has 0 spiro atoms. The number of amides is 1. The van der Waals surface area contributed by atoms with E-state index in [1.54, 1.807) is 6.20 Å². The molecule has 1 aromatic carbocycles. The molecule has 26 heavy (non-hydrogen) atoms. The van der Waals surface area contributed by atoms with Gasteiger partial charge in [-0.2, -0.15) is 0 Å². The van der Waals surface area contributed by atoms with Crippen molar-refractivity contribution < 1.29 is 9.53 Å². The first-order valence-electron chi connectivity index (χ1n) is 8.94. The number of morpholine rings is 1. The second kappa shape index (κ2) is 9.21. The number of benzene rings is 1. The quantitative estimate of drug-likeness (QED) is 0.752. The van der Waals surface area contributed by atoms with Gasteiger partial charge in [0.15, 0.2) is 5.16 Å². The van der Waals surface area contributed by atoms with Gasteiger partial charge in [-0.15, -0.1) is 0 Å². The van der Waals surface area contributed by atoms with Crippen LogP contribution >= 0.6 is 11.8 Å². The molecular weight excluding hydrogens is 348 g/mol. The van der Waals surface area contributed by atoms with Crippen molar-refractivity contribution in [3.05, 3.63) is 41.7 Å². The average molecular weight is 375 g/mol. The van der Waals surface area contributed by atoms with Crippen LogP contribution in [0.5, 0.6) is 0 Å². The van der Waals surface area contributed by atoms with E-state index < -0.39 is 0 Å². The normalized spacial score (nSPS) is 15.2. The van der Waals surface area contributed by atoms with Gasteiger partial charge < -0.3 is 10.1 Å². The summed E-state index contributed by atoms with van der Waals surface area (Å²) < 4.78 is 7.38. The molecule has 1 fully saturated rings. The number of aryl methyl sites for hydroxylation is 1.